The van der Waals surface area contributed by atoms with Crippen LogP contribution in [-0.4, -0.2) is 6.54 Å². The first-order chi connectivity index (χ1) is 9.20. The Balaban J connectivity index is 2.21. The number of hydrogen-bond donors (Lipinski definition) is 1. The molecule has 0 aliphatic carbocycles. The van der Waals surface area contributed by atoms with Crippen LogP contribution in [0.3, 0.4) is 0 Å². The lowest BCUT2D eigenvalue weighted by atomic mass is 10.2. The average Bonchev–Trinajstić information content (AvgIpc) is 2.42. The van der Waals surface area contributed by atoms with Crippen molar-refractivity contribution in [3.8, 4) is 0 Å². The molecule has 0 atom stereocenters. The molecule has 0 bridgehead atoms. The molecule has 0 aliphatic rings. The number of nitrogens with zero attached hydrogens (tertiary/aromatic N) is 1. The van der Waals surface area contributed by atoms with Gasteiger partial charge in [-0.05, 0) is 42.3 Å². The van der Waals surface area contributed by atoms with E-state index in [1.54, 1.807) is 0 Å². The van der Waals surface area contributed by atoms with Gasteiger partial charge < -0.3 is 10.6 Å². The second-order valence-electron chi connectivity index (χ2n) is 4.60. The maximum absolute atomic E-state index is 5.75. The van der Waals surface area contributed by atoms with Crippen molar-refractivity contribution in [1.82, 2.24) is 0 Å². The predicted molar refractivity (Wildman–Crippen MR) is 86.3 cm³/mol. The minimum absolute atomic E-state index is 0.807. The molecule has 100 valence electrons. The smallest absolute Gasteiger partial charge is 0.0440 e. The fourth-order valence-electron chi connectivity index (χ4n) is 2.09. The second kappa shape index (κ2) is 6.62. The summed E-state index contributed by atoms with van der Waals surface area (Å²) < 4.78 is 1.16. The van der Waals surface area contributed by atoms with Gasteiger partial charge in [0, 0.05) is 28.9 Å². The molecule has 0 spiro atoms. The monoisotopic (exact) mass is 318 g/mol. The SMILES string of the molecule is CCCN(Cc1ccccc1Br)c1ccc(N)cc1. The Labute approximate surface area is 123 Å². The molecule has 0 amide bonds. The zero-order chi connectivity index (χ0) is 13.7. The van der Waals surface area contributed by atoms with Crippen LogP contribution in [0.5, 0.6) is 0 Å². The summed E-state index contributed by atoms with van der Waals surface area (Å²) in [5.41, 5.74) is 9.07. The van der Waals surface area contributed by atoms with Crippen LogP contribution >= 0.6 is 15.9 Å². The first-order valence-corrected chi connectivity index (χ1v) is 7.34. The molecule has 0 unspecified atom stereocenters. The number of nitrogen functional groups attached to an aromatic ring is 1. The highest BCUT2D eigenvalue weighted by Gasteiger charge is 2.08. The van der Waals surface area contributed by atoms with Crippen molar-refractivity contribution < 1.29 is 0 Å². The fraction of sp³-hybridized carbons (Fsp3) is 0.250. The predicted octanol–water partition coefficient (Wildman–Crippen LogP) is 4.45. The minimum atomic E-state index is 0.807. The molecule has 2 N–H and O–H groups in total. The number of nitrogens with two attached hydrogens (primary N) is 1. The lowest BCUT2D eigenvalue weighted by Gasteiger charge is -2.25. The molecule has 0 aromatic heterocycles. The standard InChI is InChI=1S/C16H19BrN2/c1-2-11-19(15-9-7-14(18)8-10-15)12-13-5-3-4-6-16(13)17/h3-10H,2,11-12,18H2,1H3. The van der Waals surface area contributed by atoms with E-state index in [0.29, 0.717) is 0 Å². The van der Waals surface area contributed by atoms with Gasteiger partial charge in [0.05, 0.1) is 0 Å². The Morgan fingerprint density at radius 2 is 1.74 bits per heavy atom. The highest BCUT2D eigenvalue weighted by atomic mass is 79.9. The zero-order valence-corrected chi connectivity index (χ0v) is 12.7. The molecule has 2 aromatic rings. The fourth-order valence-corrected chi connectivity index (χ4v) is 2.50. The molecular formula is C16H19BrN2. The van der Waals surface area contributed by atoms with Gasteiger partial charge in [0.15, 0.2) is 0 Å². The third-order valence-corrected chi connectivity index (χ3v) is 3.84. The molecule has 0 saturated carbocycles. The van der Waals surface area contributed by atoms with Crippen molar-refractivity contribution in [2.24, 2.45) is 0 Å². The van der Waals surface area contributed by atoms with Crippen molar-refractivity contribution in [3.05, 3.63) is 58.6 Å². The molecule has 19 heavy (non-hydrogen) atoms. The van der Waals surface area contributed by atoms with Crippen molar-refractivity contribution >= 4 is 27.3 Å². The van der Waals surface area contributed by atoms with Crippen LogP contribution in [0.25, 0.3) is 0 Å². The Kier molecular flexibility index (Phi) is 4.86. The van der Waals surface area contributed by atoms with Crippen LogP contribution in [0.2, 0.25) is 0 Å². The molecule has 2 aromatic carbocycles. The van der Waals surface area contributed by atoms with E-state index < -0.39 is 0 Å². The Bertz CT molecular complexity index is 523. The number of anilines is 2. The molecular weight excluding hydrogens is 300 g/mol. The van der Waals surface area contributed by atoms with E-state index in [2.05, 4.69) is 58.1 Å². The highest BCUT2D eigenvalue weighted by molar-refractivity contribution is 9.10. The number of benzene rings is 2. The van der Waals surface area contributed by atoms with Crippen LogP contribution in [0.4, 0.5) is 11.4 Å². The molecule has 0 heterocycles. The van der Waals surface area contributed by atoms with Crippen molar-refractivity contribution in [1.29, 1.82) is 0 Å². The van der Waals surface area contributed by atoms with Gasteiger partial charge in [-0.3, -0.25) is 0 Å². The van der Waals surface area contributed by atoms with Crippen molar-refractivity contribution in [3.63, 3.8) is 0 Å². The van der Waals surface area contributed by atoms with E-state index in [4.69, 9.17) is 5.73 Å². The first-order valence-electron chi connectivity index (χ1n) is 6.54. The topological polar surface area (TPSA) is 29.3 Å². The van der Waals surface area contributed by atoms with Gasteiger partial charge in [0.1, 0.15) is 0 Å². The Hall–Kier alpha value is -1.48. The van der Waals surface area contributed by atoms with Gasteiger partial charge >= 0.3 is 0 Å². The van der Waals surface area contributed by atoms with Gasteiger partial charge in [0.2, 0.25) is 0 Å². The quantitative estimate of drug-likeness (QED) is 0.825. The highest BCUT2D eigenvalue weighted by Crippen LogP contribution is 2.23. The summed E-state index contributed by atoms with van der Waals surface area (Å²) in [6.45, 7) is 4.13. The molecule has 0 fully saturated rings. The van der Waals surface area contributed by atoms with Crippen LogP contribution < -0.4 is 10.6 Å². The van der Waals surface area contributed by atoms with Crippen molar-refractivity contribution in [2.75, 3.05) is 17.2 Å². The molecule has 0 radical (unpaired) electrons. The van der Waals surface area contributed by atoms with Crippen LogP contribution in [-0.2, 0) is 6.54 Å². The van der Waals surface area contributed by atoms with Gasteiger partial charge in [0.25, 0.3) is 0 Å². The summed E-state index contributed by atoms with van der Waals surface area (Å²) in [6.07, 6.45) is 1.12. The first kappa shape index (κ1) is 13.9. The lowest BCUT2D eigenvalue weighted by molar-refractivity contribution is 0.766. The van der Waals surface area contributed by atoms with E-state index >= 15 is 0 Å². The number of rotatable bonds is 5. The summed E-state index contributed by atoms with van der Waals surface area (Å²) in [7, 11) is 0. The Morgan fingerprint density at radius 1 is 1.05 bits per heavy atom. The lowest BCUT2D eigenvalue weighted by Crippen LogP contribution is -2.23. The second-order valence-corrected chi connectivity index (χ2v) is 5.46. The Morgan fingerprint density at radius 3 is 2.37 bits per heavy atom. The minimum Gasteiger partial charge on any atom is -0.399 e. The maximum Gasteiger partial charge on any atom is 0.0440 e. The zero-order valence-electron chi connectivity index (χ0n) is 11.1. The summed E-state index contributed by atoms with van der Waals surface area (Å²) in [5, 5.41) is 0. The van der Waals surface area contributed by atoms with E-state index in [9.17, 15) is 0 Å². The third kappa shape index (κ3) is 3.74. The molecule has 0 aliphatic heterocycles. The van der Waals surface area contributed by atoms with Crippen molar-refractivity contribution in [2.45, 2.75) is 19.9 Å². The maximum atomic E-state index is 5.75. The van der Waals surface area contributed by atoms with E-state index in [1.165, 1.54) is 11.3 Å². The largest absolute Gasteiger partial charge is 0.399 e. The van der Waals surface area contributed by atoms with Gasteiger partial charge in [-0.15, -0.1) is 0 Å². The summed E-state index contributed by atoms with van der Waals surface area (Å²) >= 11 is 3.61. The summed E-state index contributed by atoms with van der Waals surface area (Å²) in [4.78, 5) is 2.37. The average molecular weight is 319 g/mol. The number of halogens is 1. The van der Waals surface area contributed by atoms with Gasteiger partial charge in [-0.25, -0.2) is 0 Å². The molecule has 2 rings (SSSR count). The molecule has 2 nitrogen and oxygen atoms in total. The van der Waals surface area contributed by atoms with Crippen LogP contribution in [0.1, 0.15) is 18.9 Å². The summed E-state index contributed by atoms with van der Waals surface area (Å²) in [5.74, 6) is 0. The normalized spacial score (nSPS) is 10.4. The van der Waals surface area contributed by atoms with E-state index in [-0.39, 0.29) is 0 Å². The third-order valence-electron chi connectivity index (χ3n) is 3.07. The summed E-state index contributed by atoms with van der Waals surface area (Å²) in [6, 6.07) is 16.4. The van der Waals surface area contributed by atoms with Gasteiger partial charge in [-0.2, -0.15) is 0 Å². The number of hydrogen-bond acceptors (Lipinski definition) is 2. The van der Waals surface area contributed by atoms with E-state index in [0.717, 1.165) is 29.7 Å². The molecule has 3 heteroatoms. The van der Waals surface area contributed by atoms with Crippen LogP contribution in [0.15, 0.2) is 53.0 Å². The van der Waals surface area contributed by atoms with Crippen LogP contribution in [0, 0.1) is 0 Å². The van der Waals surface area contributed by atoms with Gasteiger partial charge in [-0.1, -0.05) is 41.1 Å². The van der Waals surface area contributed by atoms with E-state index in [1.807, 2.05) is 18.2 Å². The molecule has 0 saturated heterocycles.